The van der Waals surface area contributed by atoms with Crippen molar-refractivity contribution >= 4 is 11.3 Å². The maximum absolute atomic E-state index is 4.22. The molecule has 0 bridgehead atoms. The Bertz CT molecular complexity index is 392. The first-order valence-electron chi connectivity index (χ1n) is 5.11. The van der Waals surface area contributed by atoms with Gasteiger partial charge in [0.05, 0.1) is 11.2 Å². The van der Waals surface area contributed by atoms with E-state index in [0.717, 1.165) is 25.3 Å². The Balaban J connectivity index is 1.78. The lowest BCUT2D eigenvalue weighted by Gasteiger charge is -2.00. The maximum Gasteiger partial charge on any atom is 0.0795 e. The fourth-order valence-electron chi connectivity index (χ4n) is 1.45. The number of aromatic nitrogens is 2. The van der Waals surface area contributed by atoms with Gasteiger partial charge in [-0.05, 0) is 18.6 Å². The summed E-state index contributed by atoms with van der Waals surface area (Å²) in [7, 11) is 0. The van der Waals surface area contributed by atoms with E-state index in [4.69, 9.17) is 0 Å². The Labute approximate surface area is 93.8 Å². The number of hydrogen-bond donors (Lipinski definition) is 1. The number of thiazole rings is 1. The average molecular weight is 221 g/mol. The predicted molar refractivity (Wildman–Crippen MR) is 62.8 cm³/mol. The third-order valence-electron chi connectivity index (χ3n) is 2.30. The highest BCUT2D eigenvalue weighted by Gasteiger charge is 1.97. The molecule has 2 aromatic heterocycles. The zero-order valence-corrected chi connectivity index (χ0v) is 9.63. The van der Waals surface area contributed by atoms with E-state index >= 15 is 0 Å². The van der Waals surface area contributed by atoms with E-state index in [1.807, 2.05) is 5.51 Å². The van der Waals surface area contributed by atoms with Crippen molar-refractivity contribution in [3.63, 3.8) is 0 Å². The number of nitrogens with zero attached hydrogens (tertiary/aromatic N) is 2. The Morgan fingerprint density at radius 2 is 2.40 bits per heavy atom. The van der Waals surface area contributed by atoms with Crippen LogP contribution in [-0.2, 0) is 19.6 Å². The second-order valence-electron chi connectivity index (χ2n) is 3.43. The molecule has 4 heteroatoms. The van der Waals surface area contributed by atoms with Gasteiger partial charge in [0, 0.05) is 37.4 Å². The molecule has 0 spiro atoms. The minimum atomic E-state index is 0.848. The van der Waals surface area contributed by atoms with Crippen LogP contribution >= 0.6 is 11.3 Å². The van der Waals surface area contributed by atoms with Gasteiger partial charge in [-0.25, -0.2) is 4.98 Å². The van der Waals surface area contributed by atoms with Gasteiger partial charge in [0.25, 0.3) is 0 Å². The molecule has 80 valence electrons. The molecule has 15 heavy (non-hydrogen) atoms. The van der Waals surface area contributed by atoms with Crippen LogP contribution in [0, 0.1) is 0 Å². The molecule has 0 unspecified atom stereocenters. The van der Waals surface area contributed by atoms with Gasteiger partial charge in [-0.1, -0.05) is 0 Å². The molecular formula is C11H15N3S. The lowest BCUT2D eigenvalue weighted by atomic mass is 10.3. The maximum atomic E-state index is 4.22. The highest BCUT2D eigenvalue weighted by molar-refractivity contribution is 7.07. The van der Waals surface area contributed by atoms with E-state index in [0.29, 0.717) is 0 Å². The minimum Gasteiger partial charge on any atom is -0.354 e. The summed E-state index contributed by atoms with van der Waals surface area (Å²) in [4.78, 5) is 4.22. The van der Waals surface area contributed by atoms with Crippen LogP contribution in [0.25, 0.3) is 0 Å². The van der Waals surface area contributed by atoms with Gasteiger partial charge in [0.2, 0.25) is 0 Å². The van der Waals surface area contributed by atoms with E-state index < -0.39 is 0 Å². The predicted octanol–water partition coefficient (Wildman–Crippen LogP) is 2.25. The van der Waals surface area contributed by atoms with Crippen molar-refractivity contribution in [3.05, 3.63) is 40.6 Å². The van der Waals surface area contributed by atoms with E-state index in [1.54, 1.807) is 11.3 Å². The Morgan fingerprint density at radius 1 is 1.47 bits per heavy atom. The molecule has 0 aliphatic heterocycles. The van der Waals surface area contributed by atoms with E-state index in [9.17, 15) is 0 Å². The van der Waals surface area contributed by atoms with Crippen molar-refractivity contribution in [3.8, 4) is 0 Å². The standard InChI is InChI=1S/C11H15N3S/c1-2-14-4-3-10(7-14)5-12-6-11-8-15-9-13-11/h3-4,7-9,12H,2,5-6H2,1H3. The Morgan fingerprint density at radius 3 is 3.07 bits per heavy atom. The zero-order chi connectivity index (χ0) is 10.5. The second-order valence-corrected chi connectivity index (χ2v) is 4.15. The summed E-state index contributed by atoms with van der Waals surface area (Å²) in [6, 6.07) is 2.15. The molecule has 0 radical (unpaired) electrons. The smallest absolute Gasteiger partial charge is 0.0795 e. The lowest BCUT2D eigenvalue weighted by molar-refractivity contribution is 0.678. The number of aryl methyl sites for hydroxylation is 1. The van der Waals surface area contributed by atoms with Crippen LogP contribution in [-0.4, -0.2) is 9.55 Å². The van der Waals surface area contributed by atoms with Crippen LogP contribution in [0.3, 0.4) is 0 Å². The van der Waals surface area contributed by atoms with Gasteiger partial charge >= 0.3 is 0 Å². The Hall–Kier alpha value is -1.13. The summed E-state index contributed by atoms with van der Waals surface area (Å²) in [5.74, 6) is 0. The summed E-state index contributed by atoms with van der Waals surface area (Å²) < 4.78 is 2.18. The SMILES string of the molecule is CCn1ccc(CNCc2cscn2)c1. The van der Waals surface area contributed by atoms with Crippen molar-refractivity contribution in [2.75, 3.05) is 0 Å². The molecule has 0 aliphatic rings. The van der Waals surface area contributed by atoms with Crippen LogP contribution in [0.1, 0.15) is 18.2 Å². The van der Waals surface area contributed by atoms with Gasteiger partial charge in [0.1, 0.15) is 0 Å². The van der Waals surface area contributed by atoms with Crippen molar-refractivity contribution < 1.29 is 0 Å². The van der Waals surface area contributed by atoms with Crippen molar-refractivity contribution in [1.82, 2.24) is 14.9 Å². The van der Waals surface area contributed by atoms with Gasteiger partial charge < -0.3 is 9.88 Å². The number of nitrogens with one attached hydrogen (secondary N) is 1. The quantitative estimate of drug-likeness (QED) is 0.839. The molecule has 2 heterocycles. The molecule has 0 saturated heterocycles. The highest BCUT2D eigenvalue weighted by Crippen LogP contribution is 2.03. The van der Waals surface area contributed by atoms with Crippen LogP contribution in [0.4, 0.5) is 0 Å². The minimum absolute atomic E-state index is 0.848. The average Bonchev–Trinajstić information content (AvgIpc) is 2.88. The fourth-order valence-corrected chi connectivity index (χ4v) is 2.01. The van der Waals surface area contributed by atoms with Crippen molar-refractivity contribution in [2.24, 2.45) is 0 Å². The molecule has 0 aliphatic carbocycles. The molecule has 2 aromatic rings. The molecular weight excluding hydrogens is 206 g/mol. The largest absolute Gasteiger partial charge is 0.354 e. The van der Waals surface area contributed by atoms with Crippen molar-refractivity contribution in [2.45, 2.75) is 26.6 Å². The molecule has 0 atom stereocenters. The van der Waals surface area contributed by atoms with Gasteiger partial charge in [0.15, 0.2) is 0 Å². The van der Waals surface area contributed by atoms with Crippen LogP contribution in [0.5, 0.6) is 0 Å². The summed E-state index contributed by atoms with van der Waals surface area (Å²) in [5, 5.41) is 5.45. The zero-order valence-electron chi connectivity index (χ0n) is 8.81. The molecule has 0 aromatic carbocycles. The first kappa shape index (κ1) is 10.4. The number of rotatable bonds is 5. The van der Waals surface area contributed by atoms with Gasteiger partial charge in [-0.15, -0.1) is 11.3 Å². The third-order valence-corrected chi connectivity index (χ3v) is 2.93. The summed E-state index contributed by atoms with van der Waals surface area (Å²) in [6.45, 7) is 4.93. The molecule has 0 fully saturated rings. The Kier molecular flexibility index (Phi) is 3.53. The van der Waals surface area contributed by atoms with E-state index in [-0.39, 0.29) is 0 Å². The first-order valence-corrected chi connectivity index (χ1v) is 6.05. The van der Waals surface area contributed by atoms with E-state index in [1.165, 1.54) is 5.56 Å². The van der Waals surface area contributed by atoms with Gasteiger partial charge in [-0.2, -0.15) is 0 Å². The molecule has 0 amide bonds. The topological polar surface area (TPSA) is 29.9 Å². The fraction of sp³-hybridized carbons (Fsp3) is 0.364. The molecule has 1 N–H and O–H groups in total. The van der Waals surface area contributed by atoms with E-state index in [2.05, 4.69) is 45.6 Å². The summed E-state index contributed by atoms with van der Waals surface area (Å²) in [5.41, 5.74) is 4.31. The molecule has 2 rings (SSSR count). The van der Waals surface area contributed by atoms with Gasteiger partial charge in [-0.3, -0.25) is 0 Å². The summed E-state index contributed by atoms with van der Waals surface area (Å²) >= 11 is 1.64. The lowest BCUT2D eigenvalue weighted by Crippen LogP contribution is -2.12. The molecule has 0 saturated carbocycles. The van der Waals surface area contributed by atoms with Crippen LogP contribution in [0.15, 0.2) is 29.4 Å². The highest BCUT2D eigenvalue weighted by atomic mass is 32.1. The normalized spacial score (nSPS) is 10.7. The molecule has 3 nitrogen and oxygen atoms in total. The monoisotopic (exact) mass is 221 g/mol. The first-order chi connectivity index (χ1) is 7.38. The second kappa shape index (κ2) is 5.09. The van der Waals surface area contributed by atoms with Crippen LogP contribution in [0.2, 0.25) is 0 Å². The van der Waals surface area contributed by atoms with Crippen molar-refractivity contribution in [1.29, 1.82) is 0 Å². The number of hydrogen-bond acceptors (Lipinski definition) is 3. The third kappa shape index (κ3) is 2.91. The van der Waals surface area contributed by atoms with Crippen LogP contribution < -0.4 is 5.32 Å². The summed E-state index contributed by atoms with van der Waals surface area (Å²) in [6.07, 6.45) is 4.29.